The number of carbonyl (C=O) groups excluding carboxylic acids is 1. The lowest BCUT2D eigenvalue weighted by atomic mass is 9.94. The van der Waals surface area contributed by atoms with Crippen molar-refractivity contribution in [3.05, 3.63) is 35.6 Å². The van der Waals surface area contributed by atoms with Crippen LogP contribution in [-0.2, 0) is 10.5 Å². The highest BCUT2D eigenvalue weighted by atomic mass is 32.2. The Bertz CT molecular complexity index is 446. The van der Waals surface area contributed by atoms with Crippen molar-refractivity contribution in [3.63, 3.8) is 0 Å². The average molecular weight is 295 g/mol. The summed E-state index contributed by atoms with van der Waals surface area (Å²) in [7, 11) is 1.92. The van der Waals surface area contributed by atoms with Crippen LogP contribution in [0.15, 0.2) is 24.3 Å². The summed E-state index contributed by atoms with van der Waals surface area (Å²) < 4.78 is 13.0. The highest BCUT2D eigenvalue weighted by Gasteiger charge is 2.21. The van der Waals surface area contributed by atoms with Gasteiger partial charge in [0.15, 0.2) is 0 Å². The molecule has 1 fully saturated rings. The van der Waals surface area contributed by atoms with Crippen LogP contribution in [0.4, 0.5) is 4.39 Å². The standard InChI is InChI=1S/C16H22FNOS/c1-18(15-8-3-2-4-9-15)16(19)12-20-11-13-6-5-7-14(17)10-13/h5-7,10,15H,2-4,8-9,11-12H2,1H3. The van der Waals surface area contributed by atoms with E-state index in [-0.39, 0.29) is 11.7 Å². The van der Waals surface area contributed by atoms with Gasteiger partial charge in [0.2, 0.25) is 5.91 Å². The average Bonchev–Trinajstić information content (AvgIpc) is 2.47. The maximum atomic E-state index is 13.0. The fourth-order valence-corrected chi connectivity index (χ4v) is 3.55. The minimum Gasteiger partial charge on any atom is -0.342 e. The predicted octanol–water partition coefficient (Wildman–Crippen LogP) is 3.85. The molecule has 1 aliphatic rings. The molecule has 0 spiro atoms. The Hall–Kier alpha value is -1.03. The number of halogens is 1. The normalized spacial score (nSPS) is 16.1. The van der Waals surface area contributed by atoms with Gasteiger partial charge >= 0.3 is 0 Å². The third-order valence-electron chi connectivity index (χ3n) is 3.90. The Kier molecular flexibility index (Phi) is 5.89. The molecule has 4 heteroatoms. The van der Waals surface area contributed by atoms with Gasteiger partial charge in [-0.15, -0.1) is 11.8 Å². The molecule has 0 unspecified atom stereocenters. The molecule has 1 aromatic carbocycles. The quantitative estimate of drug-likeness (QED) is 0.822. The SMILES string of the molecule is CN(C(=O)CSCc1cccc(F)c1)C1CCCCC1. The minimum atomic E-state index is -0.214. The lowest BCUT2D eigenvalue weighted by molar-refractivity contribution is -0.129. The highest BCUT2D eigenvalue weighted by molar-refractivity contribution is 7.99. The van der Waals surface area contributed by atoms with Crippen LogP contribution in [-0.4, -0.2) is 29.6 Å². The molecule has 1 aliphatic carbocycles. The smallest absolute Gasteiger partial charge is 0.232 e. The Balaban J connectivity index is 1.74. The molecule has 0 saturated heterocycles. The zero-order chi connectivity index (χ0) is 14.4. The van der Waals surface area contributed by atoms with Gasteiger partial charge in [0.1, 0.15) is 5.82 Å². The zero-order valence-corrected chi connectivity index (χ0v) is 12.8. The van der Waals surface area contributed by atoms with E-state index in [1.54, 1.807) is 17.8 Å². The van der Waals surface area contributed by atoms with Crippen LogP contribution in [0.2, 0.25) is 0 Å². The molecule has 1 amide bonds. The first-order valence-electron chi connectivity index (χ1n) is 7.24. The Morgan fingerprint density at radius 2 is 2.10 bits per heavy atom. The number of benzene rings is 1. The van der Waals surface area contributed by atoms with Crippen LogP contribution >= 0.6 is 11.8 Å². The maximum Gasteiger partial charge on any atom is 0.232 e. The van der Waals surface area contributed by atoms with Gasteiger partial charge in [0.25, 0.3) is 0 Å². The molecule has 1 saturated carbocycles. The van der Waals surface area contributed by atoms with Gasteiger partial charge in [-0.1, -0.05) is 31.4 Å². The lowest BCUT2D eigenvalue weighted by Gasteiger charge is -2.31. The highest BCUT2D eigenvalue weighted by Crippen LogP contribution is 2.22. The number of hydrogen-bond acceptors (Lipinski definition) is 2. The van der Waals surface area contributed by atoms with E-state index in [9.17, 15) is 9.18 Å². The molecule has 0 bridgehead atoms. The number of rotatable bonds is 5. The van der Waals surface area contributed by atoms with Crippen LogP contribution in [0.3, 0.4) is 0 Å². The monoisotopic (exact) mass is 295 g/mol. The maximum absolute atomic E-state index is 13.0. The van der Waals surface area contributed by atoms with Gasteiger partial charge in [0.05, 0.1) is 5.75 Å². The van der Waals surface area contributed by atoms with Crippen molar-refractivity contribution in [1.29, 1.82) is 0 Å². The molecular formula is C16H22FNOS. The summed E-state index contributed by atoms with van der Waals surface area (Å²) in [5, 5.41) is 0. The third-order valence-corrected chi connectivity index (χ3v) is 4.89. The van der Waals surface area contributed by atoms with Crippen LogP contribution < -0.4 is 0 Å². The van der Waals surface area contributed by atoms with E-state index in [1.807, 2.05) is 18.0 Å². The fourth-order valence-electron chi connectivity index (χ4n) is 2.66. The van der Waals surface area contributed by atoms with Crippen LogP contribution in [0.1, 0.15) is 37.7 Å². The number of nitrogens with zero attached hydrogens (tertiary/aromatic N) is 1. The summed E-state index contributed by atoms with van der Waals surface area (Å²) in [6, 6.07) is 7.00. The van der Waals surface area contributed by atoms with Crippen molar-refractivity contribution < 1.29 is 9.18 Å². The molecule has 0 N–H and O–H groups in total. The van der Waals surface area contributed by atoms with Gasteiger partial charge < -0.3 is 4.90 Å². The Morgan fingerprint density at radius 3 is 2.80 bits per heavy atom. The second kappa shape index (κ2) is 7.67. The molecule has 0 radical (unpaired) electrons. The first-order chi connectivity index (χ1) is 9.66. The first kappa shape index (κ1) is 15.4. The van der Waals surface area contributed by atoms with E-state index >= 15 is 0 Å². The van der Waals surface area contributed by atoms with Crippen molar-refractivity contribution in [2.24, 2.45) is 0 Å². The molecule has 0 heterocycles. The first-order valence-corrected chi connectivity index (χ1v) is 8.40. The summed E-state index contributed by atoms with van der Waals surface area (Å²) in [4.78, 5) is 14.0. The Morgan fingerprint density at radius 1 is 1.35 bits per heavy atom. The largest absolute Gasteiger partial charge is 0.342 e. The summed E-state index contributed by atoms with van der Waals surface area (Å²) in [5.41, 5.74) is 0.933. The van der Waals surface area contributed by atoms with Gasteiger partial charge in [-0.05, 0) is 30.5 Å². The molecule has 110 valence electrons. The number of amides is 1. The van der Waals surface area contributed by atoms with E-state index < -0.39 is 0 Å². The lowest BCUT2D eigenvalue weighted by Crippen LogP contribution is -2.39. The zero-order valence-electron chi connectivity index (χ0n) is 12.0. The third kappa shape index (κ3) is 4.51. The van der Waals surface area contributed by atoms with Crippen LogP contribution in [0, 0.1) is 5.82 Å². The molecular weight excluding hydrogens is 273 g/mol. The van der Waals surface area contributed by atoms with Crippen molar-refractivity contribution >= 4 is 17.7 Å². The summed E-state index contributed by atoms with van der Waals surface area (Å²) in [6.07, 6.45) is 6.04. The van der Waals surface area contributed by atoms with E-state index in [0.29, 0.717) is 17.5 Å². The van der Waals surface area contributed by atoms with Gasteiger partial charge in [-0.25, -0.2) is 4.39 Å². The number of hydrogen-bond donors (Lipinski definition) is 0. The van der Waals surface area contributed by atoms with E-state index in [1.165, 1.54) is 31.4 Å². The topological polar surface area (TPSA) is 20.3 Å². The van der Waals surface area contributed by atoms with Crippen molar-refractivity contribution in [3.8, 4) is 0 Å². The van der Waals surface area contributed by atoms with Gasteiger partial charge in [0, 0.05) is 18.8 Å². The van der Waals surface area contributed by atoms with Crippen molar-refractivity contribution in [2.45, 2.75) is 43.9 Å². The van der Waals surface area contributed by atoms with Crippen LogP contribution in [0.5, 0.6) is 0 Å². The van der Waals surface area contributed by atoms with E-state index in [0.717, 1.165) is 18.4 Å². The fraction of sp³-hybridized carbons (Fsp3) is 0.562. The minimum absolute atomic E-state index is 0.193. The molecule has 0 aliphatic heterocycles. The number of thioether (sulfide) groups is 1. The van der Waals surface area contributed by atoms with Crippen molar-refractivity contribution in [1.82, 2.24) is 4.90 Å². The molecule has 0 atom stereocenters. The van der Waals surface area contributed by atoms with E-state index in [4.69, 9.17) is 0 Å². The van der Waals surface area contributed by atoms with Crippen LogP contribution in [0.25, 0.3) is 0 Å². The van der Waals surface area contributed by atoms with E-state index in [2.05, 4.69) is 0 Å². The summed E-state index contributed by atoms with van der Waals surface area (Å²) >= 11 is 1.56. The molecule has 0 aromatic heterocycles. The molecule has 2 rings (SSSR count). The van der Waals surface area contributed by atoms with Crippen molar-refractivity contribution in [2.75, 3.05) is 12.8 Å². The van der Waals surface area contributed by atoms with Gasteiger partial charge in [-0.2, -0.15) is 0 Å². The van der Waals surface area contributed by atoms with Gasteiger partial charge in [-0.3, -0.25) is 4.79 Å². The summed E-state index contributed by atoms with van der Waals surface area (Å²) in [6.45, 7) is 0. The molecule has 1 aromatic rings. The predicted molar refractivity (Wildman–Crippen MR) is 82.2 cm³/mol. The Labute approximate surface area is 124 Å². The number of carbonyl (C=O) groups is 1. The molecule has 20 heavy (non-hydrogen) atoms. The molecule has 2 nitrogen and oxygen atoms in total. The second-order valence-corrected chi connectivity index (χ2v) is 6.40. The second-order valence-electron chi connectivity index (χ2n) is 5.42. The summed E-state index contributed by atoms with van der Waals surface area (Å²) in [5.74, 6) is 1.14.